The molecule has 1 unspecified atom stereocenters. The van der Waals surface area contributed by atoms with Crippen molar-refractivity contribution in [2.24, 2.45) is 5.92 Å². The van der Waals surface area contributed by atoms with Gasteiger partial charge in [-0.05, 0) is 19.4 Å². The van der Waals surface area contributed by atoms with E-state index in [0.29, 0.717) is 11.1 Å². The summed E-state index contributed by atoms with van der Waals surface area (Å²) in [6.07, 6.45) is 0. The summed E-state index contributed by atoms with van der Waals surface area (Å²) in [5.74, 6) is -2.51. The molecule has 22 heavy (non-hydrogen) atoms. The van der Waals surface area contributed by atoms with E-state index < -0.39 is 11.8 Å². The van der Waals surface area contributed by atoms with Crippen molar-refractivity contribution >= 4 is 17.3 Å². The van der Waals surface area contributed by atoms with Gasteiger partial charge in [0.05, 0.1) is 11.8 Å². The van der Waals surface area contributed by atoms with Crippen molar-refractivity contribution in [3.05, 3.63) is 71.8 Å². The number of hydrogen-bond donors (Lipinski definition) is 0. The third-order valence-corrected chi connectivity index (χ3v) is 3.71. The first-order chi connectivity index (χ1) is 10.5. The zero-order valence-corrected chi connectivity index (χ0v) is 12.7. The van der Waals surface area contributed by atoms with Crippen LogP contribution in [0.15, 0.2) is 60.7 Å². The van der Waals surface area contributed by atoms with Gasteiger partial charge in [-0.25, -0.2) is 0 Å². The molecule has 0 aromatic heterocycles. The lowest BCUT2D eigenvalue weighted by molar-refractivity contribution is -0.130. The molecule has 2 rings (SSSR count). The van der Waals surface area contributed by atoms with Crippen molar-refractivity contribution in [2.45, 2.75) is 19.8 Å². The van der Waals surface area contributed by atoms with Gasteiger partial charge in [-0.15, -0.1) is 0 Å². The van der Waals surface area contributed by atoms with Crippen LogP contribution in [0.4, 0.5) is 0 Å². The molecular formula is C19H18O3. The summed E-state index contributed by atoms with van der Waals surface area (Å²) in [6, 6.07) is 17.8. The first kappa shape index (κ1) is 15.8. The Morgan fingerprint density at radius 2 is 1.18 bits per heavy atom. The molecule has 0 saturated heterocycles. The fourth-order valence-electron chi connectivity index (χ4n) is 2.69. The molecule has 0 N–H and O–H groups in total. The summed E-state index contributed by atoms with van der Waals surface area (Å²) in [4.78, 5) is 36.8. The zero-order valence-electron chi connectivity index (χ0n) is 12.7. The number of Topliss-reactive ketones (excluding diaryl/α,β-unsaturated/α-hetero) is 3. The van der Waals surface area contributed by atoms with Crippen LogP contribution < -0.4 is 0 Å². The molecule has 0 saturated carbocycles. The monoisotopic (exact) mass is 294 g/mol. The molecule has 2 aromatic rings. The van der Waals surface area contributed by atoms with Gasteiger partial charge < -0.3 is 0 Å². The molecule has 0 aliphatic rings. The Labute approximate surface area is 130 Å². The molecule has 0 bridgehead atoms. The minimum atomic E-state index is -0.949. The third-order valence-electron chi connectivity index (χ3n) is 3.71. The molecule has 0 spiro atoms. The van der Waals surface area contributed by atoms with Gasteiger partial charge in [0.15, 0.2) is 5.78 Å². The Bertz CT molecular complexity index is 660. The lowest BCUT2D eigenvalue weighted by Gasteiger charge is -2.22. The van der Waals surface area contributed by atoms with Crippen LogP contribution >= 0.6 is 0 Å². The second-order valence-electron chi connectivity index (χ2n) is 5.32. The number of ketones is 3. The van der Waals surface area contributed by atoms with E-state index in [1.165, 1.54) is 13.8 Å². The highest BCUT2D eigenvalue weighted by atomic mass is 16.2. The zero-order chi connectivity index (χ0) is 16.1. The van der Waals surface area contributed by atoms with E-state index in [0.717, 1.165) is 0 Å². The summed E-state index contributed by atoms with van der Waals surface area (Å²) in [5.41, 5.74) is 1.19. The van der Waals surface area contributed by atoms with Crippen molar-refractivity contribution in [2.75, 3.05) is 0 Å². The lowest BCUT2D eigenvalue weighted by Crippen LogP contribution is -2.32. The number of carbonyl (C=O) groups is 3. The van der Waals surface area contributed by atoms with Crippen molar-refractivity contribution < 1.29 is 14.4 Å². The number of benzene rings is 2. The van der Waals surface area contributed by atoms with Crippen LogP contribution in [0.5, 0.6) is 0 Å². The molecule has 2 aromatic carbocycles. The summed E-state index contributed by atoms with van der Waals surface area (Å²) < 4.78 is 0. The van der Waals surface area contributed by atoms with E-state index >= 15 is 0 Å². The number of hydrogen-bond acceptors (Lipinski definition) is 3. The van der Waals surface area contributed by atoms with Gasteiger partial charge in [-0.2, -0.15) is 0 Å². The smallest absolute Gasteiger partial charge is 0.171 e. The maximum absolute atomic E-state index is 12.9. The van der Waals surface area contributed by atoms with Gasteiger partial charge in [0.2, 0.25) is 0 Å². The second-order valence-corrected chi connectivity index (χ2v) is 5.32. The van der Waals surface area contributed by atoms with Gasteiger partial charge in [-0.1, -0.05) is 60.7 Å². The predicted molar refractivity (Wildman–Crippen MR) is 84.8 cm³/mol. The van der Waals surface area contributed by atoms with Gasteiger partial charge in [0.1, 0.15) is 11.6 Å². The Balaban J connectivity index is 2.53. The average molecular weight is 294 g/mol. The Kier molecular flexibility index (Phi) is 4.99. The van der Waals surface area contributed by atoms with Crippen LogP contribution in [0.1, 0.15) is 35.7 Å². The highest BCUT2D eigenvalue weighted by Gasteiger charge is 2.36. The quantitative estimate of drug-likeness (QED) is 0.605. The SMILES string of the molecule is CC(=O)C(C(C)=O)C(C(=O)c1ccccc1)c1ccccc1. The van der Waals surface area contributed by atoms with Crippen LogP contribution in [-0.4, -0.2) is 17.3 Å². The lowest BCUT2D eigenvalue weighted by atomic mass is 9.77. The molecule has 0 amide bonds. The van der Waals surface area contributed by atoms with Crippen molar-refractivity contribution in [1.82, 2.24) is 0 Å². The Hall–Kier alpha value is -2.55. The Morgan fingerprint density at radius 1 is 0.727 bits per heavy atom. The first-order valence-corrected chi connectivity index (χ1v) is 7.17. The molecule has 3 heteroatoms. The van der Waals surface area contributed by atoms with Crippen LogP contribution in [0.2, 0.25) is 0 Å². The molecule has 0 heterocycles. The van der Waals surface area contributed by atoms with Crippen LogP contribution in [0.25, 0.3) is 0 Å². The average Bonchev–Trinajstić information content (AvgIpc) is 2.52. The molecule has 0 radical (unpaired) electrons. The van der Waals surface area contributed by atoms with Crippen LogP contribution in [0, 0.1) is 5.92 Å². The van der Waals surface area contributed by atoms with E-state index in [-0.39, 0.29) is 17.3 Å². The number of rotatable bonds is 6. The minimum Gasteiger partial charge on any atom is -0.299 e. The third kappa shape index (κ3) is 3.37. The molecule has 0 fully saturated rings. The van der Waals surface area contributed by atoms with Crippen molar-refractivity contribution in [3.8, 4) is 0 Å². The largest absolute Gasteiger partial charge is 0.299 e. The maximum Gasteiger partial charge on any atom is 0.171 e. The van der Waals surface area contributed by atoms with E-state index in [9.17, 15) is 14.4 Å². The van der Waals surface area contributed by atoms with Gasteiger partial charge >= 0.3 is 0 Å². The Morgan fingerprint density at radius 3 is 1.64 bits per heavy atom. The highest BCUT2D eigenvalue weighted by Crippen LogP contribution is 2.30. The van der Waals surface area contributed by atoms with E-state index in [4.69, 9.17) is 0 Å². The molecular weight excluding hydrogens is 276 g/mol. The minimum absolute atomic E-state index is 0.206. The predicted octanol–water partition coefficient (Wildman–Crippen LogP) is 3.45. The summed E-state index contributed by atoms with van der Waals surface area (Å²) in [5, 5.41) is 0. The summed E-state index contributed by atoms with van der Waals surface area (Å²) in [7, 11) is 0. The first-order valence-electron chi connectivity index (χ1n) is 7.17. The van der Waals surface area contributed by atoms with E-state index in [1.54, 1.807) is 48.5 Å². The maximum atomic E-state index is 12.9. The van der Waals surface area contributed by atoms with E-state index in [1.807, 2.05) is 12.1 Å². The second kappa shape index (κ2) is 6.94. The fourth-order valence-corrected chi connectivity index (χ4v) is 2.69. The summed E-state index contributed by atoms with van der Waals surface area (Å²) >= 11 is 0. The van der Waals surface area contributed by atoms with Gasteiger partial charge in [-0.3, -0.25) is 14.4 Å². The summed E-state index contributed by atoms with van der Waals surface area (Å²) in [6.45, 7) is 2.72. The van der Waals surface area contributed by atoms with Gasteiger partial charge in [0, 0.05) is 5.56 Å². The van der Waals surface area contributed by atoms with Crippen molar-refractivity contribution in [3.63, 3.8) is 0 Å². The normalized spacial score (nSPS) is 12.0. The van der Waals surface area contributed by atoms with Gasteiger partial charge in [0.25, 0.3) is 0 Å². The molecule has 112 valence electrons. The fraction of sp³-hybridized carbons (Fsp3) is 0.211. The van der Waals surface area contributed by atoms with E-state index in [2.05, 4.69) is 0 Å². The number of carbonyl (C=O) groups excluding carboxylic acids is 3. The molecule has 0 aliphatic heterocycles. The van der Waals surface area contributed by atoms with Crippen molar-refractivity contribution in [1.29, 1.82) is 0 Å². The standard InChI is InChI=1S/C19H18O3/c1-13(20)17(14(2)21)18(15-9-5-3-6-10-15)19(22)16-11-7-4-8-12-16/h3-12,17-18H,1-2H3. The van der Waals surface area contributed by atoms with Crippen LogP contribution in [-0.2, 0) is 9.59 Å². The molecule has 3 nitrogen and oxygen atoms in total. The molecule has 1 atom stereocenters. The topological polar surface area (TPSA) is 51.2 Å². The van der Waals surface area contributed by atoms with Crippen LogP contribution in [0.3, 0.4) is 0 Å². The molecule has 0 aliphatic carbocycles. The highest BCUT2D eigenvalue weighted by molar-refractivity contribution is 6.10.